The highest BCUT2D eigenvalue weighted by Crippen LogP contribution is 2.27. The first-order valence-electron chi connectivity index (χ1n) is 9.78. The predicted octanol–water partition coefficient (Wildman–Crippen LogP) is 3.91. The standard InChI is InChI=1S/C22H28N2O3S/c1-4-18-9-11-20(12-10-18)23-22(25)19-6-5-13-24(15-19)28(26,27)21-14-16(2)7-8-17(21)3/h7-12,14,19H,4-6,13,15H2,1-3H3,(H,23,25)/t19-/m1/s1. The van der Waals surface area contributed by atoms with Crippen molar-refractivity contribution in [3.8, 4) is 0 Å². The van der Waals surface area contributed by atoms with Gasteiger partial charge in [0.05, 0.1) is 10.8 Å². The van der Waals surface area contributed by atoms with E-state index in [-0.39, 0.29) is 18.4 Å². The van der Waals surface area contributed by atoms with Crippen LogP contribution in [0.15, 0.2) is 47.4 Å². The number of hydrogen-bond donors (Lipinski definition) is 1. The molecule has 1 heterocycles. The maximum atomic E-state index is 13.2. The first-order valence-corrected chi connectivity index (χ1v) is 11.2. The third kappa shape index (κ3) is 4.45. The Morgan fingerprint density at radius 3 is 2.54 bits per heavy atom. The molecule has 3 rings (SSSR count). The van der Waals surface area contributed by atoms with Crippen LogP contribution in [0, 0.1) is 19.8 Å². The average Bonchev–Trinajstić information content (AvgIpc) is 2.70. The van der Waals surface area contributed by atoms with Crippen LogP contribution in [0.4, 0.5) is 5.69 Å². The Morgan fingerprint density at radius 2 is 1.86 bits per heavy atom. The zero-order valence-electron chi connectivity index (χ0n) is 16.7. The van der Waals surface area contributed by atoms with Gasteiger partial charge in [0.1, 0.15) is 0 Å². The van der Waals surface area contributed by atoms with Crippen molar-refractivity contribution in [2.45, 2.75) is 44.9 Å². The third-order valence-electron chi connectivity index (χ3n) is 5.35. The highest BCUT2D eigenvalue weighted by molar-refractivity contribution is 7.89. The van der Waals surface area contributed by atoms with E-state index in [1.165, 1.54) is 9.87 Å². The van der Waals surface area contributed by atoms with E-state index in [1.807, 2.05) is 43.3 Å². The van der Waals surface area contributed by atoms with Crippen molar-refractivity contribution in [2.24, 2.45) is 5.92 Å². The summed E-state index contributed by atoms with van der Waals surface area (Å²) < 4.78 is 27.8. The molecular formula is C22H28N2O3S. The Hall–Kier alpha value is -2.18. The Bertz CT molecular complexity index is 952. The van der Waals surface area contributed by atoms with E-state index < -0.39 is 10.0 Å². The topological polar surface area (TPSA) is 66.5 Å². The molecule has 1 saturated heterocycles. The minimum Gasteiger partial charge on any atom is -0.326 e. The van der Waals surface area contributed by atoms with Crippen molar-refractivity contribution in [3.05, 3.63) is 59.2 Å². The number of carbonyl (C=O) groups is 1. The van der Waals surface area contributed by atoms with Crippen LogP contribution in [-0.4, -0.2) is 31.7 Å². The maximum absolute atomic E-state index is 13.2. The largest absolute Gasteiger partial charge is 0.326 e. The van der Waals surface area contributed by atoms with Crippen LogP contribution in [0.2, 0.25) is 0 Å². The number of sulfonamides is 1. The molecule has 2 aromatic carbocycles. The Balaban J connectivity index is 1.73. The van der Waals surface area contributed by atoms with Crippen molar-refractivity contribution >= 4 is 21.6 Å². The van der Waals surface area contributed by atoms with Gasteiger partial charge in [-0.3, -0.25) is 4.79 Å². The first kappa shape index (κ1) is 20.6. The van der Waals surface area contributed by atoms with E-state index in [9.17, 15) is 13.2 Å². The third-order valence-corrected chi connectivity index (χ3v) is 7.35. The first-order chi connectivity index (χ1) is 13.3. The van der Waals surface area contributed by atoms with Crippen LogP contribution < -0.4 is 5.32 Å². The molecule has 1 atom stereocenters. The molecule has 0 unspecified atom stereocenters. The molecule has 28 heavy (non-hydrogen) atoms. The lowest BCUT2D eigenvalue weighted by Crippen LogP contribution is -2.43. The van der Waals surface area contributed by atoms with Gasteiger partial charge in [-0.05, 0) is 68.0 Å². The molecule has 0 aliphatic carbocycles. The summed E-state index contributed by atoms with van der Waals surface area (Å²) in [6.45, 7) is 6.44. The van der Waals surface area contributed by atoms with Crippen LogP contribution >= 0.6 is 0 Å². The number of nitrogens with zero attached hydrogens (tertiary/aromatic N) is 1. The second-order valence-electron chi connectivity index (χ2n) is 7.51. The summed E-state index contributed by atoms with van der Waals surface area (Å²) in [6.07, 6.45) is 2.32. The molecule has 0 spiro atoms. The second kappa shape index (κ2) is 8.45. The summed E-state index contributed by atoms with van der Waals surface area (Å²) in [7, 11) is -3.61. The number of rotatable bonds is 5. The fourth-order valence-electron chi connectivity index (χ4n) is 3.57. The molecule has 0 saturated carbocycles. The number of carbonyl (C=O) groups excluding carboxylic acids is 1. The number of anilines is 1. The lowest BCUT2D eigenvalue weighted by Gasteiger charge is -2.31. The SMILES string of the molecule is CCc1ccc(NC(=O)[C@@H]2CCCN(S(=O)(=O)c3cc(C)ccc3C)C2)cc1. The number of nitrogens with one attached hydrogen (secondary N) is 1. The molecule has 1 aliphatic rings. The molecule has 0 radical (unpaired) electrons. The fourth-order valence-corrected chi connectivity index (χ4v) is 5.40. The number of hydrogen-bond acceptors (Lipinski definition) is 3. The number of piperidine rings is 1. The normalized spacial score (nSPS) is 18.0. The molecule has 1 N–H and O–H groups in total. The van der Waals surface area contributed by atoms with Gasteiger partial charge < -0.3 is 5.32 Å². The van der Waals surface area contributed by atoms with Gasteiger partial charge in [-0.2, -0.15) is 4.31 Å². The molecule has 150 valence electrons. The summed E-state index contributed by atoms with van der Waals surface area (Å²) in [4.78, 5) is 13.1. The Labute approximate surface area is 167 Å². The van der Waals surface area contributed by atoms with E-state index in [2.05, 4.69) is 12.2 Å². The summed E-state index contributed by atoms with van der Waals surface area (Å²) in [5.41, 5.74) is 3.59. The van der Waals surface area contributed by atoms with Gasteiger partial charge in [0.15, 0.2) is 0 Å². The summed E-state index contributed by atoms with van der Waals surface area (Å²) >= 11 is 0. The molecule has 5 nitrogen and oxygen atoms in total. The zero-order valence-corrected chi connectivity index (χ0v) is 17.6. The molecule has 0 aromatic heterocycles. The smallest absolute Gasteiger partial charge is 0.243 e. The minimum atomic E-state index is -3.61. The van der Waals surface area contributed by atoms with E-state index in [0.717, 1.165) is 23.2 Å². The van der Waals surface area contributed by atoms with Crippen molar-refractivity contribution in [3.63, 3.8) is 0 Å². The lowest BCUT2D eigenvalue weighted by atomic mass is 9.98. The number of amides is 1. The summed E-state index contributed by atoms with van der Waals surface area (Å²) in [5, 5.41) is 2.93. The van der Waals surface area contributed by atoms with Crippen molar-refractivity contribution in [2.75, 3.05) is 18.4 Å². The quantitative estimate of drug-likeness (QED) is 0.828. The van der Waals surface area contributed by atoms with Gasteiger partial charge in [-0.15, -0.1) is 0 Å². The summed E-state index contributed by atoms with van der Waals surface area (Å²) in [5.74, 6) is -0.468. The summed E-state index contributed by atoms with van der Waals surface area (Å²) in [6, 6.07) is 13.2. The van der Waals surface area contributed by atoms with Crippen LogP contribution in [0.25, 0.3) is 0 Å². The number of aryl methyl sites for hydroxylation is 3. The van der Waals surface area contributed by atoms with E-state index in [4.69, 9.17) is 0 Å². The van der Waals surface area contributed by atoms with E-state index in [0.29, 0.717) is 24.3 Å². The fraction of sp³-hybridized carbons (Fsp3) is 0.409. The molecular weight excluding hydrogens is 372 g/mol. The van der Waals surface area contributed by atoms with Gasteiger partial charge in [0, 0.05) is 18.8 Å². The van der Waals surface area contributed by atoms with Crippen LogP contribution in [0.1, 0.15) is 36.5 Å². The highest BCUT2D eigenvalue weighted by atomic mass is 32.2. The van der Waals surface area contributed by atoms with E-state index >= 15 is 0 Å². The van der Waals surface area contributed by atoms with Crippen molar-refractivity contribution in [1.29, 1.82) is 0 Å². The minimum absolute atomic E-state index is 0.120. The van der Waals surface area contributed by atoms with Gasteiger partial charge in [-0.1, -0.05) is 31.2 Å². The Morgan fingerprint density at radius 1 is 1.14 bits per heavy atom. The highest BCUT2D eigenvalue weighted by Gasteiger charge is 2.34. The Kier molecular flexibility index (Phi) is 6.20. The van der Waals surface area contributed by atoms with Gasteiger partial charge in [0.25, 0.3) is 0 Å². The molecule has 1 amide bonds. The zero-order chi connectivity index (χ0) is 20.3. The second-order valence-corrected chi connectivity index (χ2v) is 9.42. The number of benzene rings is 2. The van der Waals surface area contributed by atoms with Crippen LogP contribution in [-0.2, 0) is 21.2 Å². The van der Waals surface area contributed by atoms with Crippen LogP contribution in [0.3, 0.4) is 0 Å². The maximum Gasteiger partial charge on any atom is 0.243 e. The van der Waals surface area contributed by atoms with Crippen molar-refractivity contribution < 1.29 is 13.2 Å². The molecule has 1 fully saturated rings. The lowest BCUT2D eigenvalue weighted by molar-refractivity contribution is -0.120. The molecule has 2 aromatic rings. The van der Waals surface area contributed by atoms with Gasteiger partial charge >= 0.3 is 0 Å². The molecule has 0 bridgehead atoms. The molecule has 6 heteroatoms. The van der Waals surface area contributed by atoms with Crippen LogP contribution in [0.5, 0.6) is 0 Å². The monoisotopic (exact) mass is 400 g/mol. The van der Waals surface area contributed by atoms with E-state index in [1.54, 1.807) is 13.0 Å². The average molecular weight is 401 g/mol. The van der Waals surface area contributed by atoms with Crippen molar-refractivity contribution in [1.82, 2.24) is 4.31 Å². The predicted molar refractivity (Wildman–Crippen MR) is 112 cm³/mol. The molecule has 1 aliphatic heterocycles. The van der Waals surface area contributed by atoms with Gasteiger partial charge in [-0.25, -0.2) is 8.42 Å². The van der Waals surface area contributed by atoms with Gasteiger partial charge in [0.2, 0.25) is 15.9 Å².